The lowest BCUT2D eigenvalue weighted by molar-refractivity contribution is 0.413. The number of nitrogens with two attached hydrogens (primary N) is 1. The van der Waals surface area contributed by atoms with Crippen molar-refractivity contribution in [2.24, 2.45) is 5.73 Å². The second-order valence-corrected chi connectivity index (χ2v) is 6.36. The SMILES string of the molecule is COc1ccc(Br)c(CC(N)c2cc(OC)ccc2Br)c1. The van der Waals surface area contributed by atoms with Crippen molar-refractivity contribution < 1.29 is 9.47 Å². The molecule has 0 fully saturated rings. The highest BCUT2D eigenvalue weighted by atomic mass is 79.9. The van der Waals surface area contributed by atoms with Gasteiger partial charge in [-0.2, -0.15) is 0 Å². The van der Waals surface area contributed by atoms with Crippen LogP contribution >= 0.6 is 31.9 Å². The van der Waals surface area contributed by atoms with Crippen molar-refractivity contribution in [2.45, 2.75) is 12.5 Å². The van der Waals surface area contributed by atoms with Crippen LogP contribution in [0, 0.1) is 0 Å². The average Bonchev–Trinajstić information content (AvgIpc) is 2.49. The van der Waals surface area contributed by atoms with Gasteiger partial charge in [0.1, 0.15) is 11.5 Å². The number of rotatable bonds is 5. The zero-order chi connectivity index (χ0) is 15.4. The van der Waals surface area contributed by atoms with Crippen molar-refractivity contribution >= 4 is 31.9 Å². The Kier molecular flexibility index (Phi) is 5.67. The van der Waals surface area contributed by atoms with Crippen molar-refractivity contribution in [3.05, 3.63) is 56.5 Å². The molecule has 0 heterocycles. The van der Waals surface area contributed by atoms with E-state index in [1.54, 1.807) is 14.2 Å². The summed E-state index contributed by atoms with van der Waals surface area (Å²) in [5.41, 5.74) is 8.49. The van der Waals surface area contributed by atoms with Crippen LogP contribution in [0.1, 0.15) is 17.2 Å². The molecule has 0 bridgehead atoms. The molecule has 0 aliphatic heterocycles. The molecular formula is C16H17Br2NO2. The van der Waals surface area contributed by atoms with Gasteiger partial charge in [0.2, 0.25) is 0 Å². The number of hydrogen-bond acceptors (Lipinski definition) is 3. The zero-order valence-corrected chi connectivity index (χ0v) is 15.1. The topological polar surface area (TPSA) is 44.5 Å². The second-order valence-electron chi connectivity index (χ2n) is 4.66. The van der Waals surface area contributed by atoms with Crippen molar-refractivity contribution in [3.63, 3.8) is 0 Å². The fourth-order valence-corrected chi connectivity index (χ4v) is 3.06. The molecule has 1 unspecified atom stereocenters. The Bertz CT molecular complexity index is 632. The van der Waals surface area contributed by atoms with Gasteiger partial charge in [0.25, 0.3) is 0 Å². The first-order valence-corrected chi connectivity index (χ1v) is 8.05. The number of methoxy groups -OCH3 is 2. The largest absolute Gasteiger partial charge is 0.497 e. The van der Waals surface area contributed by atoms with E-state index in [9.17, 15) is 0 Å². The summed E-state index contributed by atoms with van der Waals surface area (Å²) < 4.78 is 12.5. The van der Waals surface area contributed by atoms with Gasteiger partial charge in [0.15, 0.2) is 0 Å². The van der Waals surface area contributed by atoms with Gasteiger partial charge in [0.05, 0.1) is 14.2 Å². The highest BCUT2D eigenvalue weighted by Crippen LogP contribution is 2.31. The lowest BCUT2D eigenvalue weighted by atomic mass is 9.99. The molecule has 2 rings (SSSR count). The summed E-state index contributed by atoms with van der Waals surface area (Å²) in [5.74, 6) is 1.62. The summed E-state index contributed by atoms with van der Waals surface area (Å²) in [6.07, 6.45) is 0.698. The minimum absolute atomic E-state index is 0.141. The number of ether oxygens (including phenoxy) is 2. The summed E-state index contributed by atoms with van der Waals surface area (Å²) in [4.78, 5) is 0. The van der Waals surface area contributed by atoms with E-state index in [4.69, 9.17) is 15.2 Å². The van der Waals surface area contributed by atoms with Gasteiger partial charge in [-0.3, -0.25) is 0 Å². The molecule has 0 saturated heterocycles. The first-order chi connectivity index (χ1) is 10.0. The van der Waals surface area contributed by atoms with Gasteiger partial charge >= 0.3 is 0 Å². The Balaban J connectivity index is 2.27. The predicted molar refractivity (Wildman–Crippen MR) is 92.0 cm³/mol. The van der Waals surface area contributed by atoms with E-state index in [0.717, 1.165) is 31.6 Å². The van der Waals surface area contributed by atoms with Crippen molar-refractivity contribution in [3.8, 4) is 11.5 Å². The summed E-state index contributed by atoms with van der Waals surface area (Å²) in [5, 5.41) is 0. The quantitative estimate of drug-likeness (QED) is 0.784. The molecule has 0 aliphatic carbocycles. The van der Waals surface area contributed by atoms with Crippen LogP contribution in [-0.2, 0) is 6.42 Å². The van der Waals surface area contributed by atoms with Gasteiger partial charge in [0, 0.05) is 15.0 Å². The Hall–Kier alpha value is -1.04. The average molecular weight is 415 g/mol. The van der Waals surface area contributed by atoms with E-state index in [-0.39, 0.29) is 6.04 Å². The van der Waals surface area contributed by atoms with Crippen LogP contribution in [0.5, 0.6) is 11.5 Å². The Morgan fingerprint density at radius 2 is 1.52 bits per heavy atom. The van der Waals surface area contributed by atoms with Crippen LogP contribution in [-0.4, -0.2) is 14.2 Å². The molecule has 0 saturated carbocycles. The maximum atomic E-state index is 6.36. The second kappa shape index (κ2) is 7.29. The third kappa shape index (κ3) is 3.99. The third-order valence-corrected chi connectivity index (χ3v) is 4.79. The molecule has 21 heavy (non-hydrogen) atoms. The van der Waals surface area contributed by atoms with E-state index < -0.39 is 0 Å². The van der Waals surface area contributed by atoms with E-state index in [2.05, 4.69) is 31.9 Å². The van der Waals surface area contributed by atoms with Gasteiger partial charge < -0.3 is 15.2 Å². The molecule has 3 nitrogen and oxygen atoms in total. The van der Waals surface area contributed by atoms with E-state index in [0.29, 0.717) is 6.42 Å². The molecule has 0 aliphatic rings. The van der Waals surface area contributed by atoms with Crippen LogP contribution < -0.4 is 15.2 Å². The zero-order valence-electron chi connectivity index (χ0n) is 11.9. The molecule has 2 N–H and O–H groups in total. The molecule has 2 aromatic rings. The van der Waals surface area contributed by atoms with Gasteiger partial charge in [-0.15, -0.1) is 0 Å². The maximum Gasteiger partial charge on any atom is 0.119 e. The molecule has 0 amide bonds. The third-order valence-electron chi connectivity index (χ3n) is 3.30. The number of hydrogen-bond donors (Lipinski definition) is 1. The van der Waals surface area contributed by atoms with Crippen LogP contribution in [0.2, 0.25) is 0 Å². The number of halogens is 2. The Morgan fingerprint density at radius 3 is 2.14 bits per heavy atom. The lowest BCUT2D eigenvalue weighted by Crippen LogP contribution is -2.14. The molecular weight excluding hydrogens is 398 g/mol. The van der Waals surface area contributed by atoms with Crippen molar-refractivity contribution in [2.75, 3.05) is 14.2 Å². The normalized spacial score (nSPS) is 12.0. The minimum Gasteiger partial charge on any atom is -0.497 e. The fourth-order valence-electron chi connectivity index (χ4n) is 2.11. The van der Waals surface area contributed by atoms with Crippen LogP contribution in [0.4, 0.5) is 0 Å². The number of benzene rings is 2. The van der Waals surface area contributed by atoms with Crippen molar-refractivity contribution in [1.82, 2.24) is 0 Å². The Morgan fingerprint density at radius 1 is 0.952 bits per heavy atom. The smallest absolute Gasteiger partial charge is 0.119 e. The monoisotopic (exact) mass is 413 g/mol. The fraction of sp³-hybridized carbons (Fsp3) is 0.250. The maximum absolute atomic E-state index is 6.36. The van der Waals surface area contributed by atoms with E-state index in [1.165, 1.54) is 0 Å². The van der Waals surface area contributed by atoms with Crippen LogP contribution in [0.15, 0.2) is 45.3 Å². The summed E-state index contributed by atoms with van der Waals surface area (Å²) in [6.45, 7) is 0. The predicted octanol–water partition coefficient (Wildman–Crippen LogP) is 4.47. The standard InChI is InChI=1S/C16H17Br2NO2/c1-20-11-3-5-14(17)10(7-11)8-16(19)13-9-12(21-2)4-6-15(13)18/h3-7,9,16H,8,19H2,1-2H3. The molecule has 1 atom stereocenters. The van der Waals surface area contributed by atoms with E-state index >= 15 is 0 Å². The van der Waals surface area contributed by atoms with Crippen LogP contribution in [0.25, 0.3) is 0 Å². The molecule has 112 valence electrons. The highest BCUT2D eigenvalue weighted by molar-refractivity contribution is 9.10. The van der Waals surface area contributed by atoms with Gasteiger partial charge in [-0.25, -0.2) is 0 Å². The molecule has 0 radical (unpaired) electrons. The molecule has 0 spiro atoms. The van der Waals surface area contributed by atoms with Crippen molar-refractivity contribution in [1.29, 1.82) is 0 Å². The minimum atomic E-state index is -0.141. The Labute approximate surface area is 141 Å². The summed E-state index contributed by atoms with van der Waals surface area (Å²) in [6, 6.07) is 11.6. The summed E-state index contributed by atoms with van der Waals surface area (Å²) in [7, 11) is 3.31. The van der Waals surface area contributed by atoms with Crippen LogP contribution in [0.3, 0.4) is 0 Å². The summed E-state index contributed by atoms with van der Waals surface area (Å²) >= 11 is 7.11. The van der Waals surface area contributed by atoms with E-state index in [1.807, 2.05) is 36.4 Å². The molecule has 5 heteroatoms. The molecule has 0 aromatic heterocycles. The van der Waals surface area contributed by atoms with Gasteiger partial charge in [-0.1, -0.05) is 31.9 Å². The lowest BCUT2D eigenvalue weighted by Gasteiger charge is -2.16. The first-order valence-electron chi connectivity index (χ1n) is 6.46. The molecule has 2 aromatic carbocycles. The highest BCUT2D eigenvalue weighted by Gasteiger charge is 2.14. The first kappa shape index (κ1) is 16.3. The van der Waals surface area contributed by atoms with Gasteiger partial charge in [-0.05, 0) is 53.9 Å².